The predicted octanol–water partition coefficient (Wildman–Crippen LogP) is 3.15. The zero-order valence-electron chi connectivity index (χ0n) is 17.4. The zero-order valence-corrected chi connectivity index (χ0v) is 17.4. The number of rotatable bonds is 4. The Morgan fingerprint density at radius 1 is 1.11 bits per heavy atom. The summed E-state index contributed by atoms with van der Waals surface area (Å²) in [6, 6.07) is 3.97. The van der Waals surface area contributed by atoms with E-state index in [4.69, 9.17) is 0 Å². The van der Waals surface area contributed by atoms with Crippen molar-refractivity contribution < 1.29 is 5.11 Å². The van der Waals surface area contributed by atoms with Crippen LogP contribution in [0.2, 0.25) is 0 Å². The van der Waals surface area contributed by atoms with Gasteiger partial charge in [-0.3, -0.25) is 4.99 Å². The number of benzene rings is 1. The molecule has 2 fully saturated rings. The van der Waals surface area contributed by atoms with E-state index in [1.807, 2.05) is 13.1 Å². The average molecular weight is 385 g/mol. The van der Waals surface area contributed by atoms with E-state index in [2.05, 4.69) is 26.2 Å². The van der Waals surface area contributed by atoms with Gasteiger partial charge in [-0.2, -0.15) is 0 Å². The summed E-state index contributed by atoms with van der Waals surface area (Å²) in [5, 5.41) is 14.0. The molecule has 4 rings (SSSR count). The summed E-state index contributed by atoms with van der Waals surface area (Å²) in [5.41, 5.74) is 3.85. The minimum Gasteiger partial charge on any atom is -0.508 e. The third-order valence-electron chi connectivity index (χ3n) is 6.81. The van der Waals surface area contributed by atoms with E-state index in [1.165, 1.54) is 69.3 Å². The van der Waals surface area contributed by atoms with Crippen LogP contribution >= 0.6 is 0 Å². The Labute approximate surface area is 169 Å². The molecule has 0 radical (unpaired) electrons. The Morgan fingerprint density at radius 3 is 2.75 bits per heavy atom. The molecule has 0 amide bonds. The van der Waals surface area contributed by atoms with Gasteiger partial charge in [0.05, 0.1) is 0 Å². The molecular formula is C23H36N4O. The van der Waals surface area contributed by atoms with Crippen molar-refractivity contribution in [1.82, 2.24) is 15.1 Å². The van der Waals surface area contributed by atoms with Crippen molar-refractivity contribution in [3.05, 3.63) is 28.8 Å². The molecule has 0 saturated carbocycles. The lowest BCUT2D eigenvalue weighted by atomic mass is 9.88. The minimum absolute atomic E-state index is 0.424. The van der Waals surface area contributed by atoms with Crippen LogP contribution in [0.4, 0.5) is 0 Å². The highest BCUT2D eigenvalue weighted by Crippen LogP contribution is 2.30. The second-order valence-corrected chi connectivity index (χ2v) is 8.77. The highest BCUT2D eigenvalue weighted by Gasteiger charge is 2.27. The Bertz CT molecular complexity index is 696. The van der Waals surface area contributed by atoms with Gasteiger partial charge in [0.15, 0.2) is 5.96 Å². The Morgan fingerprint density at radius 2 is 1.93 bits per heavy atom. The second-order valence-electron chi connectivity index (χ2n) is 8.77. The predicted molar refractivity (Wildman–Crippen MR) is 115 cm³/mol. The van der Waals surface area contributed by atoms with E-state index < -0.39 is 0 Å². The summed E-state index contributed by atoms with van der Waals surface area (Å²) < 4.78 is 0. The van der Waals surface area contributed by atoms with Crippen molar-refractivity contribution in [3.8, 4) is 5.75 Å². The summed E-state index contributed by atoms with van der Waals surface area (Å²) >= 11 is 0. The quantitative estimate of drug-likeness (QED) is 0.618. The smallest absolute Gasteiger partial charge is 0.193 e. The first-order valence-electron chi connectivity index (χ1n) is 11.2. The zero-order chi connectivity index (χ0) is 19.3. The Kier molecular flexibility index (Phi) is 6.40. The van der Waals surface area contributed by atoms with Crippen LogP contribution in [0.15, 0.2) is 17.1 Å². The Hall–Kier alpha value is -1.75. The van der Waals surface area contributed by atoms with E-state index in [-0.39, 0.29) is 0 Å². The lowest BCUT2D eigenvalue weighted by molar-refractivity contribution is 0.198. The van der Waals surface area contributed by atoms with E-state index >= 15 is 0 Å². The van der Waals surface area contributed by atoms with Gasteiger partial charge in [0, 0.05) is 38.8 Å². The van der Waals surface area contributed by atoms with Gasteiger partial charge < -0.3 is 20.2 Å². The summed E-state index contributed by atoms with van der Waals surface area (Å²) in [6.45, 7) is 6.63. The first-order valence-corrected chi connectivity index (χ1v) is 11.2. The van der Waals surface area contributed by atoms with Gasteiger partial charge >= 0.3 is 0 Å². The maximum atomic E-state index is 10.4. The molecule has 1 atom stereocenters. The largest absolute Gasteiger partial charge is 0.508 e. The fourth-order valence-corrected chi connectivity index (χ4v) is 5.27. The lowest BCUT2D eigenvalue weighted by Crippen LogP contribution is -2.41. The molecule has 1 aliphatic carbocycles. The first-order chi connectivity index (χ1) is 13.7. The number of phenolic OH excluding ortho intramolecular Hbond substituents is 1. The monoisotopic (exact) mass is 384 g/mol. The fraction of sp³-hybridized carbons (Fsp3) is 0.696. The number of guanidine groups is 1. The highest BCUT2D eigenvalue weighted by molar-refractivity contribution is 5.80. The summed E-state index contributed by atoms with van der Waals surface area (Å²) in [4.78, 5) is 9.60. The maximum absolute atomic E-state index is 10.4. The SMILES string of the molecule is CN=C(NCc1c(O)ccc2c1CCCC2)N1CCC(CN2CCCCC2)C1. The van der Waals surface area contributed by atoms with Crippen molar-refractivity contribution in [1.29, 1.82) is 0 Å². The number of hydrogen-bond acceptors (Lipinski definition) is 3. The van der Waals surface area contributed by atoms with Crippen LogP contribution in [0.3, 0.4) is 0 Å². The van der Waals surface area contributed by atoms with Crippen molar-refractivity contribution in [2.75, 3.05) is 39.8 Å². The van der Waals surface area contributed by atoms with E-state index in [0.29, 0.717) is 12.3 Å². The molecule has 0 bridgehead atoms. The fourth-order valence-electron chi connectivity index (χ4n) is 5.27. The summed E-state index contributed by atoms with van der Waals surface area (Å²) in [7, 11) is 1.88. The number of aromatic hydroxyl groups is 1. The second kappa shape index (κ2) is 9.17. The van der Waals surface area contributed by atoms with Gasteiger partial charge in [-0.1, -0.05) is 12.5 Å². The molecule has 28 heavy (non-hydrogen) atoms. The van der Waals surface area contributed by atoms with Crippen LogP contribution in [-0.2, 0) is 19.4 Å². The van der Waals surface area contributed by atoms with Gasteiger partial charge in [-0.15, -0.1) is 0 Å². The van der Waals surface area contributed by atoms with Crippen molar-refractivity contribution in [2.24, 2.45) is 10.9 Å². The summed E-state index contributed by atoms with van der Waals surface area (Å²) in [5.74, 6) is 2.15. The molecule has 154 valence electrons. The number of phenols is 1. The molecule has 2 N–H and O–H groups in total. The van der Waals surface area contributed by atoms with Crippen molar-refractivity contribution >= 4 is 5.96 Å². The number of aryl methyl sites for hydroxylation is 1. The van der Waals surface area contributed by atoms with Crippen LogP contribution in [0.1, 0.15) is 55.2 Å². The third kappa shape index (κ3) is 4.45. The molecule has 2 heterocycles. The minimum atomic E-state index is 0.424. The lowest BCUT2D eigenvalue weighted by Gasteiger charge is -2.29. The topological polar surface area (TPSA) is 51.1 Å². The number of nitrogens with zero attached hydrogens (tertiary/aromatic N) is 3. The Balaban J connectivity index is 1.34. The normalized spacial score (nSPS) is 23.7. The molecule has 1 unspecified atom stereocenters. The highest BCUT2D eigenvalue weighted by atomic mass is 16.3. The first kappa shape index (κ1) is 19.6. The van der Waals surface area contributed by atoms with Crippen LogP contribution in [0, 0.1) is 5.92 Å². The number of nitrogens with one attached hydrogen (secondary N) is 1. The molecule has 1 aromatic rings. The molecule has 0 spiro atoms. The van der Waals surface area contributed by atoms with Crippen LogP contribution in [0.5, 0.6) is 5.75 Å². The van der Waals surface area contributed by atoms with Gasteiger partial charge in [0.1, 0.15) is 5.75 Å². The van der Waals surface area contributed by atoms with Gasteiger partial charge in [0.25, 0.3) is 0 Å². The molecule has 0 aromatic heterocycles. The summed E-state index contributed by atoms with van der Waals surface area (Å²) in [6.07, 6.45) is 10.1. The molecule has 2 saturated heterocycles. The molecular weight excluding hydrogens is 348 g/mol. The molecule has 5 heteroatoms. The molecule has 2 aliphatic heterocycles. The molecule has 1 aromatic carbocycles. The van der Waals surface area contributed by atoms with E-state index in [0.717, 1.165) is 43.4 Å². The maximum Gasteiger partial charge on any atom is 0.193 e. The van der Waals surface area contributed by atoms with Crippen LogP contribution in [-0.4, -0.2) is 60.6 Å². The van der Waals surface area contributed by atoms with Crippen molar-refractivity contribution in [3.63, 3.8) is 0 Å². The number of piperidine rings is 1. The van der Waals surface area contributed by atoms with Crippen LogP contribution in [0.25, 0.3) is 0 Å². The number of aliphatic imine (C=N–C) groups is 1. The van der Waals surface area contributed by atoms with Crippen molar-refractivity contribution in [2.45, 2.75) is 57.9 Å². The molecule has 3 aliphatic rings. The van der Waals surface area contributed by atoms with Gasteiger partial charge in [-0.25, -0.2) is 0 Å². The third-order valence-corrected chi connectivity index (χ3v) is 6.81. The van der Waals surface area contributed by atoms with E-state index in [9.17, 15) is 5.11 Å². The average Bonchev–Trinajstić information content (AvgIpc) is 3.19. The standard InChI is InChI=1S/C23H36N4O/c1-24-23(27-14-11-18(17-27)16-26-12-5-2-6-13-26)25-15-21-20-8-4-3-7-19(20)9-10-22(21)28/h9-10,18,28H,2-8,11-17H2,1H3,(H,24,25). The number of likely N-dealkylation sites (tertiary alicyclic amines) is 2. The van der Waals surface area contributed by atoms with Gasteiger partial charge in [-0.05, 0) is 81.1 Å². The number of fused-ring (bicyclic) bond motifs is 1. The molecule has 5 nitrogen and oxygen atoms in total. The van der Waals surface area contributed by atoms with Crippen LogP contribution < -0.4 is 5.32 Å². The van der Waals surface area contributed by atoms with Gasteiger partial charge in [0.2, 0.25) is 0 Å². The number of hydrogen-bond donors (Lipinski definition) is 2. The van der Waals surface area contributed by atoms with E-state index in [1.54, 1.807) is 0 Å².